The van der Waals surface area contributed by atoms with E-state index in [4.69, 9.17) is 5.21 Å². The van der Waals surface area contributed by atoms with Crippen LogP contribution in [0.25, 0.3) is 0 Å². The third-order valence-corrected chi connectivity index (χ3v) is 3.57. The number of carbonyl (C=O) groups is 1. The van der Waals surface area contributed by atoms with Crippen LogP contribution < -0.4 is 10.5 Å². The second-order valence-corrected chi connectivity index (χ2v) is 4.73. The summed E-state index contributed by atoms with van der Waals surface area (Å²) in [6.45, 7) is 0.506. The summed E-state index contributed by atoms with van der Waals surface area (Å²) in [6, 6.07) is 4.14. The number of carbonyl (C=O) groups excluding carboxylic acids is 1. The molecule has 7 nitrogen and oxygen atoms in total. The molecule has 1 fully saturated rings. The first-order valence-electron chi connectivity index (χ1n) is 6.48. The fourth-order valence-electron chi connectivity index (χ4n) is 2.49. The van der Waals surface area contributed by atoms with Crippen LogP contribution in [-0.2, 0) is 0 Å². The topological polar surface area (TPSA) is 99.1 Å². The molecule has 0 radical (unpaired) electrons. The van der Waals surface area contributed by atoms with Crippen LogP contribution in [0.3, 0.4) is 0 Å². The molecule has 1 unspecified atom stereocenters. The number of hydrogen-bond donors (Lipinski definition) is 3. The fourth-order valence-corrected chi connectivity index (χ4v) is 2.49. The highest BCUT2D eigenvalue weighted by molar-refractivity contribution is 6.01. The van der Waals surface area contributed by atoms with Crippen molar-refractivity contribution in [2.45, 2.75) is 18.9 Å². The van der Waals surface area contributed by atoms with Crippen LogP contribution in [0.4, 0.5) is 11.4 Å². The van der Waals surface area contributed by atoms with Gasteiger partial charge in [-0.3, -0.25) is 10.0 Å². The minimum absolute atomic E-state index is 0.00732. The molecule has 0 aromatic heterocycles. The molecular formula is C13H18N3O4-. The first kappa shape index (κ1) is 14.6. The van der Waals surface area contributed by atoms with Gasteiger partial charge >= 0.3 is 0 Å². The number of benzene rings is 1. The molecule has 0 bridgehead atoms. The van der Waals surface area contributed by atoms with E-state index in [2.05, 4.69) is 5.32 Å². The van der Waals surface area contributed by atoms with Gasteiger partial charge in [-0.25, -0.2) is 0 Å². The molecule has 1 heterocycles. The molecule has 1 aliphatic heterocycles. The van der Waals surface area contributed by atoms with E-state index in [1.54, 1.807) is 18.0 Å². The molecule has 1 saturated heterocycles. The summed E-state index contributed by atoms with van der Waals surface area (Å²) in [6.07, 6.45) is 1.61. The maximum atomic E-state index is 12.5. The molecule has 1 aromatic rings. The fraction of sp³-hybridized carbons (Fsp3) is 0.462. The van der Waals surface area contributed by atoms with Crippen LogP contribution >= 0.6 is 0 Å². The number of aliphatic hydroxyl groups is 1. The van der Waals surface area contributed by atoms with Crippen molar-refractivity contribution in [3.8, 4) is 0 Å². The Labute approximate surface area is 117 Å². The highest BCUT2D eigenvalue weighted by Gasteiger charge is 2.30. The molecule has 0 saturated carbocycles. The van der Waals surface area contributed by atoms with Gasteiger partial charge in [0.25, 0.3) is 5.91 Å². The van der Waals surface area contributed by atoms with E-state index >= 15 is 0 Å². The number of rotatable bonds is 4. The van der Waals surface area contributed by atoms with Crippen molar-refractivity contribution in [2.75, 3.05) is 30.7 Å². The Hall–Kier alpha value is -1.83. The molecule has 0 aliphatic carbocycles. The number of nitrogens with one attached hydrogen (secondary N) is 1. The summed E-state index contributed by atoms with van der Waals surface area (Å²) in [5, 5.41) is 31.8. The standard InChI is InChI=1S/C13H18N3O4/c1-14-12-5-4-9(16(19)20)7-11(12)13(18)15-6-2-3-10(15)8-17/h4-5,7,10,14,17,19H,2-3,6,8H2,1H3/q-1. The minimum Gasteiger partial charge on any atom is -0.733 e. The summed E-state index contributed by atoms with van der Waals surface area (Å²) in [5.41, 5.74) is 0.872. The van der Waals surface area contributed by atoms with Crippen LogP contribution in [0, 0.1) is 5.21 Å². The van der Waals surface area contributed by atoms with E-state index in [0.717, 1.165) is 12.8 Å². The van der Waals surface area contributed by atoms with Crippen molar-refractivity contribution >= 4 is 17.3 Å². The lowest BCUT2D eigenvalue weighted by Gasteiger charge is -2.26. The quantitative estimate of drug-likeness (QED) is 0.712. The smallest absolute Gasteiger partial charge is 0.256 e. The molecule has 1 amide bonds. The summed E-state index contributed by atoms with van der Waals surface area (Å²) in [7, 11) is 1.67. The summed E-state index contributed by atoms with van der Waals surface area (Å²) >= 11 is 0. The van der Waals surface area contributed by atoms with Crippen molar-refractivity contribution in [3.63, 3.8) is 0 Å². The highest BCUT2D eigenvalue weighted by atomic mass is 16.8. The zero-order chi connectivity index (χ0) is 14.7. The second kappa shape index (κ2) is 6.08. The molecular weight excluding hydrogens is 262 g/mol. The van der Waals surface area contributed by atoms with Gasteiger partial charge in [0, 0.05) is 19.3 Å². The average molecular weight is 280 g/mol. The normalized spacial score (nSPS) is 18.2. The van der Waals surface area contributed by atoms with Crippen molar-refractivity contribution in [2.24, 2.45) is 0 Å². The van der Waals surface area contributed by atoms with Gasteiger partial charge in [-0.2, -0.15) is 0 Å². The van der Waals surface area contributed by atoms with Crippen LogP contribution in [0.1, 0.15) is 23.2 Å². The largest absolute Gasteiger partial charge is 0.733 e. The number of amides is 1. The molecule has 110 valence electrons. The molecule has 1 aromatic carbocycles. The van der Waals surface area contributed by atoms with Gasteiger partial charge in [-0.05, 0) is 31.0 Å². The van der Waals surface area contributed by atoms with Gasteiger partial charge in [0.15, 0.2) is 0 Å². The number of likely N-dealkylation sites (tertiary alicyclic amines) is 1. The SMILES string of the molecule is CNc1ccc(N([O-])O)cc1C(=O)N1CCCC1CO. The highest BCUT2D eigenvalue weighted by Crippen LogP contribution is 2.26. The Bertz CT molecular complexity index is 493. The van der Waals surface area contributed by atoms with Gasteiger partial charge in [0.1, 0.15) is 0 Å². The number of anilines is 2. The van der Waals surface area contributed by atoms with E-state index in [1.807, 2.05) is 0 Å². The van der Waals surface area contributed by atoms with E-state index < -0.39 is 0 Å². The van der Waals surface area contributed by atoms with Crippen LogP contribution in [0.5, 0.6) is 0 Å². The molecule has 1 atom stereocenters. The van der Waals surface area contributed by atoms with Crippen LogP contribution in [-0.4, -0.2) is 47.4 Å². The zero-order valence-electron chi connectivity index (χ0n) is 11.2. The lowest BCUT2D eigenvalue weighted by atomic mass is 10.1. The average Bonchev–Trinajstić information content (AvgIpc) is 2.94. The Morgan fingerprint density at radius 3 is 2.95 bits per heavy atom. The Morgan fingerprint density at radius 2 is 2.35 bits per heavy atom. The van der Waals surface area contributed by atoms with Crippen molar-refractivity contribution < 1.29 is 15.1 Å². The zero-order valence-corrected chi connectivity index (χ0v) is 11.2. The van der Waals surface area contributed by atoms with Crippen molar-refractivity contribution in [1.29, 1.82) is 0 Å². The first-order chi connectivity index (χ1) is 9.58. The lowest BCUT2D eigenvalue weighted by molar-refractivity contribution is 0.0678. The Morgan fingerprint density at radius 1 is 1.60 bits per heavy atom. The van der Waals surface area contributed by atoms with Crippen molar-refractivity contribution in [3.05, 3.63) is 29.0 Å². The van der Waals surface area contributed by atoms with E-state index in [0.29, 0.717) is 17.8 Å². The molecule has 20 heavy (non-hydrogen) atoms. The lowest BCUT2D eigenvalue weighted by Crippen LogP contribution is -2.38. The van der Waals surface area contributed by atoms with Crippen molar-refractivity contribution in [1.82, 2.24) is 4.90 Å². The van der Waals surface area contributed by atoms with Gasteiger partial charge in [-0.15, -0.1) is 0 Å². The van der Waals surface area contributed by atoms with Crippen LogP contribution in [0.15, 0.2) is 18.2 Å². The minimum atomic E-state index is -0.274. The van der Waals surface area contributed by atoms with Crippen LogP contribution in [0.2, 0.25) is 0 Å². The van der Waals surface area contributed by atoms with E-state index in [1.165, 1.54) is 12.1 Å². The first-order valence-corrected chi connectivity index (χ1v) is 6.48. The molecule has 1 aliphatic rings. The molecule has 0 spiro atoms. The number of hydrogen-bond acceptors (Lipinski definition) is 6. The van der Waals surface area contributed by atoms with E-state index in [9.17, 15) is 15.1 Å². The number of aliphatic hydroxyl groups excluding tert-OH is 1. The third kappa shape index (κ3) is 2.69. The summed E-state index contributed by atoms with van der Waals surface area (Å²) < 4.78 is 0. The third-order valence-electron chi connectivity index (χ3n) is 3.57. The van der Waals surface area contributed by atoms with Gasteiger partial charge in [-0.1, -0.05) is 0 Å². The molecule has 3 N–H and O–H groups in total. The van der Waals surface area contributed by atoms with Gasteiger partial charge < -0.3 is 25.8 Å². The van der Waals surface area contributed by atoms with E-state index in [-0.39, 0.29) is 29.5 Å². The van der Waals surface area contributed by atoms with Gasteiger partial charge in [0.05, 0.1) is 23.9 Å². The predicted octanol–water partition coefficient (Wildman–Crippen LogP) is 1.02. The summed E-state index contributed by atoms with van der Waals surface area (Å²) in [5.74, 6) is -0.255. The predicted molar refractivity (Wildman–Crippen MR) is 74.8 cm³/mol. The Kier molecular flexibility index (Phi) is 4.43. The number of nitrogens with zero attached hydrogens (tertiary/aromatic N) is 2. The monoisotopic (exact) mass is 280 g/mol. The second-order valence-electron chi connectivity index (χ2n) is 4.73. The maximum absolute atomic E-state index is 12.5. The molecule has 7 heteroatoms. The molecule has 2 rings (SSSR count). The maximum Gasteiger partial charge on any atom is 0.256 e. The van der Waals surface area contributed by atoms with Gasteiger partial charge in [0.2, 0.25) is 0 Å². The Balaban J connectivity index is 2.34. The summed E-state index contributed by atoms with van der Waals surface area (Å²) in [4.78, 5) is 14.1.